The second-order valence-electron chi connectivity index (χ2n) is 6.42. The summed E-state index contributed by atoms with van der Waals surface area (Å²) in [7, 11) is 0. The van der Waals surface area contributed by atoms with Crippen LogP contribution >= 0.6 is 0 Å². The Morgan fingerprint density at radius 2 is 1.93 bits per heavy atom. The number of carbonyl (C=O) groups excluding carboxylic acids is 1. The van der Waals surface area contributed by atoms with Crippen molar-refractivity contribution >= 4 is 34.4 Å². The molecule has 10 heteroatoms. The summed E-state index contributed by atoms with van der Waals surface area (Å²) >= 11 is -2.06. The van der Waals surface area contributed by atoms with Gasteiger partial charge in [-0.3, -0.25) is 4.79 Å². The normalized spacial score (nSPS) is 20.7. The molecule has 1 amide bonds. The van der Waals surface area contributed by atoms with Gasteiger partial charge in [0.2, 0.25) is 5.95 Å². The quantitative estimate of drug-likeness (QED) is 0.465. The molecule has 1 heterocycles. The van der Waals surface area contributed by atoms with Gasteiger partial charge in [0.1, 0.15) is 11.4 Å². The molecule has 7 N–H and O–H groups in total. The minimum Gasteiger partial charge on any atom is -0.365 e. The number of rotatable bonds is 6. The Labute approximate surface area is 159 Å². The molecule has 1 saturated carbocycles. The van der Waals surface area contributed by atoms with Crippen LogP contribution in [0.15, 0.2) is 35.4 Å². The SMILES string of the molecule is NC(=O)c1cnc(N[C@@H]2CCCC[C@@H]2N)nc1Nc1ccc(S(=O)O)cc1. The fraction of sp³-hybridized carbons (Fsp3) is 0.353. The maximum atomic E-state index is 11.7. The predicted molar refractivity (Wildman–Crippen MR) is 103 cm³/mol. The Morgan fingerprint density at radius 1 is 1.22 bits per heavy atom. The van der Waals surface area contributed by atoms with E-state index in [2.05, 4.69) is 20.6 Å². The van der Waals surface area contributed by atoms with E-state index in [1.807, 2.05) is 0 Å². The molecule has 2 aromatic rings. The smallest absolute Gasteiger partial charge is 0.254 e. The molecular formula is C17H22N6O3S. The van der Waals surface area contributed by atoms with E-state index < -0.39 is 17.0 Å². The fourth-order valence-electron chi connectivity index (χ4n) is 3.02. The van der Waals surface area contributed by atoms with Crippen LogP contribution in [-0.4, -0.2) is 36.7 Å². The van der Waals surface area contributed by atoms with Gasteiger partial charge in [0.15, 0.2) is 11.1 Å². The molecule has 3 atom stereocenters. The summed E-state index contributed by atoms with van der Waals surface area (Å²) in [5, 5.41) is 6.24. The molecule has 0 aliphatic heterocycles. The predicted octanol–water partition coefficient (Wildman–Crippen LogP) is 1.58. The molecule has 144 valence electrons. The number of primary amides is 1. The van der Waals surface area contributed by atoms with Gasteiger partial charge in [-0.25, -0.2) is 9.19 Å². The van der Waals surface area contributed by atoms with Crippen LogP contribution in [0.5, 0.6) is 0 Å². The number of nitrogens with zero attached hydrogens (tertiary/aromatic N) is 2. The number of hydrogen-bond donors (Lipinski definition) is 5. The average molecular weight is 390 g/mol. The van der Waals surface area contributed by atoms with Crippen molar-refractivity contribution in [2.24, 2.45) is 11.5 Å². The number of carbonyl (C=O) groups is 1. The topological polar surface area (TPSA) is 156 Å². The van der Waals surface area contributed by atoms with Crippen molar-refractivity contribution in [3.05, 3.63) is 36.0 Å². The molecule has 0 radical (unpaired) electrons. The minimum atomic E-state index is -2.06. The molecule has 3 rings (SSSR count). The molecule has 0 bridgehead atoms. The highest BCUT2D eigenvalue weighted by atomic mass is 32.2. The van der Waals surface area contributed by atoms with E-state index in [1.165, 1.54) is 18.3 Å². The Balaban J connectivity index is 1.83. The van der Waals surface area contributed by atoms with Crippen molar-refractivity contribution in [2.75, 3.05) is 10.6 Å². The van der Waals surface area contributed by atoms with Gasteiger partial charge in [-0.05, 0) is 37.1 Å². The van der Waals surface area contributed by atoms with Crippen molar-refractivity contribution < 1.29 is 13.6 Å². The zero-order valence-electron chi connectivity index (χ0n) is 14.6. The Bertz CT molecular complexity index is 845. The van der Waals surface area contributed by atoms with E-state index in [0.29, 0.717) is 11.6 Å². The molecule has 1 fully saturated rings. The lowest BCUT2D eigenvalue weighted by Gasteiger charge is -2.29. The molecule has 1 aliphatic rings. The van der Waals surface area contributed by atoms with Gasteiger partial charge in [0, 0.05) is 24.0 Å². The summed E-state index contributed by atoms with van der Waals surface area (Å²) in [5.74, 6) is -0.0494. The zero-order chi connectivity index (χ0) is 19.4. The van der Waals surface area contributed by atoms with Crippen LogP contribution < -0.4 is 22.1 Å². The van der Waals surface area contributed by atoms with Crippen LogP contribution in [0, 0.1) is 0 Å². The van der Waals surface area contributed by atoms with Gasteiger partial charge in [0.25, 0.3) is 5.91 Å². The average Bonchev–Trinajstić information content (AvgIpc) is 2.64. The number of amides is 1. The summed E-state index contributed by atoms with van der Waals surface area (Å²) in [6.07, 6.45) is 5.45. The second-order valence-corrected chi connectivity index (χ2v) is 7.39. The third-order valence-corrected chi connectivity index (χ3v) is 5.18. The first-order valence-corrected chi connectivity index (χ1v) is 9.71. The second kappa shape index (κ2) is 8.42. The third kappa shape index (κ3) is 4.79. The number of anilines is 3. The first-order chi connectivity index (χ1) is 12.9. The van der Waals surface area contributed by atoms with Crippen LogP contribution in [0.2, 0.25) is 0 Å². The Morgan fingerprint density at radius 3 is 2.56 bits per heavy atom. The van der Waals surface area contributed by atoms with Gasteiger partial charge >= 0.3 is 0 Å². The maximum Gasteiger partial charge on any atom is 0.254 e. The van der Waals surface area contributed by atoms with Crippen molar-refractivity contribution in [1.29, 1.82) is 0 Å². The lowest BCUT2D eigenvalue weighted by Crippen LogP contribution is -2.43. The zero-order valence-corrected chi connectivity index (χ0v) is 15.4. The van der Waals surface area contributed by atoms with E-state index in [-0.39, 0.29) is 28.4 Å². The van der Waals surface area contributed by atoms with Gasteiger partial charge < -0.3 is 26.7 Å². The van der Waals surface area contributed by atoms with Gasteiger partial charge in [-0.2, -0.15) is 4.98 Å². The summed E-state index contributed by atoms with van der Waals surface area (Å²) in [6, 6.07) is 6.33. The largest absolute Gasteiger partial charge is 0.365 e. The van der Waals surface area contributed by atoms with Gasteiger partial charge in [0.05, 0.1) is 4.90 Å². The molecule has 1 aromatic heterocycles. The van der Waals surface area contributed by atoms with Crippen LogP contribution in [0.1, 0.15) is 36.0 Å². The van der Waals surface area contributed by atoms with Crippen molar-refractivity contribution in [3.63, 3.8) is 0 Å². The molecule has 1 aromatic carbocycles. The van der Waals surface area contributed by atoms with E-state index in [9.17, 15) is 9.00 Å². The van der Waals surface area contributed by atoms with Crippen LogP contribution in [-0.2, 0) is 11.1 Å². The van der Waals surface area contributed by atoms with Crippen LogP contribution in [0.25, 0.3) is 0 Å². The third-order valence-electron chi connectivity index (χ3n) is 4.51. The van der Waals surface area contributed by atoms with Gasteiger partial charge in [-0.1, -0.05) is 12.8 Å². The molecule has 1 aliphatic carbocycles. The molecular weight excluding hydrogens is 368 g/mol. The van der Waals surface area contributed by atoms with Crippen LogP contribution in [0.4, 0.5) is 17.5 Å². The van der Waals surface area contributed by atoms with Crippen molar-refractivity contribution in [1.82, 2.24) is 9.97 Å². The number of nitrogens with two attached hydrogens (primary N) is 2. The highest BCUT2D eigenvalue weighted by Crippen LogP contribution is 2.23. The maximum absolute atomic E-state index is 11.7. The Hall–Kier alpha value is -2.56. The van der Waals surface area contributed by atoms with E-state index in [4.69, 9.17) is 16.0 Å². The van der Waals surface area contributed by atoms with Crippen LogP contribution in [0.3, 0.4) is 0 Å². The van der Waals surface area contributed by atoms with E-state index >= 15 is 0 Å². The molecule has 0 spiro atoms. The van der Waals surface area contributed by atoms with Crippen molar-refractivity contribution in [2.45, 2.75) is 42.7 Å². The number of nitrogens with one attached hydrogen (secondary N) is 2. The number of benzene rings is 1. The van der Waals surface area contributed by atoms with E-state index in [1.54, 1.807) is 12.1 Å². The number of hydrogen-bond acceptors (Lipinski definition) is 7. The highest BCUT2D eigenvalue weighted by Gasteiger charge is 2.23. The summed E-state index contributed by atoms with van der Waals surface area (Å²) in [5.41, 5.74) is 12.3. The highest BCUT2D eigenvalue weighted by molar-refractivity contribution is 7.79. The summed E-state index contributed by atoms with van der Waals surface area (Å²) in [6.45, 7) is 0. The number of aromatic nitrogens is 2. The van der Waals surface area contributed by atoms with Crippen molar-refractivity contribution in [3.8, 4) is 0 Å². The summed E-state index contributed by atoms with van der Waals surface area (Å²) < 4.78 is 20.2. The first-order valence-electron chi connectivity index (χ1n) is 8.61. The molecule has 27 heavy (non-hydrogen) atoms. The van der Waals surface area contributed by atoms with E-state index in [0.717, 1.165) is 25.7 Å². The molecule has 0 saturated heterocycles. The monoisotopic (exact) mass is 390 g/mol. The molecule has 1 unspecified atom stereocenters. The Kier molecular flexibility index (Phi) is 5.99. The minimum absolute atomic E-state index is 0.0291. The fourth-order valence-corrected chi connectivity index (χ4v) is 3.39. The summed E-state index contributed by atoms with van der Waals surface area (Å²) in [4.78, 5) is 20.5. The lowest BCUT2D eigenvalue weighted by atomic mass is 9.91. The molecule has 9 nitrogen and oxygen atoms in total. The first kappa shape index (κ1) is 19.2. The van der Waals surface area contributed by atoms with Gasteiger partial charge in [-0.15, -0.1) is 0 Å². The lowest BCUT2D eigenvalue weighted by molar-refractivity contribution is 0.100. The standard InChI is InChI=1S/C17H22N6O3S/c18-13-3-1-2-4-14(13)22-17-20-9-12(15(19)24)16(23-17)21-10-5-7-11(8-6-10)27(25)26/h5-9,13-14H,1-4,18H2,(H2,19,24)(H,25,26)(H2,20,21,22,23)/t13-,14+/m0/s1.